The van der Waals surface area contributed by atoms with E-state index in [1.54, 1.807) is 6.20 Å². The van der Waals surface area contributed by atoms with Crippen molar-refractivity contribution in [3.05, 3.63) is 64.8 Å². The summed E-state index contributed by atoms with van der Waals surface area (Å²) in [5, 5.41) is 16.8. The van der Waals surface area contributed by atoms with Crippen molar-refractivity contribution in [1.82, 2.24) is 9.78 Å². The number of aliphatic hydroxyl groups is 1. The highest BCUT2D eigenvalue weighted by molar-refractivity contribution is 9.10. The van der Waals surface area contributed by atoms with Gasteiger partial charge in [0, 0.05) is 24.0 Å². The van der Waals surface area contributed by atoms with Gasteiger partial charge in [-0.25, -0.2) is 0 Å². The summed E-state index contributed by atoms with van der Waals surface area (Å²) in [5.74, 6) is 0. The summed E-state index contributed by atoms with van der Waals surface area (Å²) < 4.78 is 2.81. The number of anilines is 2. The first-order valence-electron chi connectivity index (χ1n) is 6.92. The molecule has 0 spiro atoms. The first kappa shape index (κ1) is 14.8. The standard InChI is InChI=1S/C17H16BrN3O/c1-21-17(16(18)10-19-21)13-5-3-7-15(9-13)20-14-6-2-4-12(8-14)11-22/h2-10,20,22H,11H2,1H3. The van der Waals surface area contributed by atoms with Gasteiger partial charge in [-0.3, -0.25) is 4.68 Å². The van der Waals surface area contributed by atoms with E-state index in [4.69, 9.17) is 0 Å². The average Bonchev–Trinajstić information content (AvgIpc) is 2.87. The zero-order valence-corrected chi connectivity index (χ0v) is 13.7. The van der Waals surface area contributed by atoms with Crippen molar-refractivity contribution < 1.29 is 5.11 Å². The quantitative estimate of drug-likeness (QED) is 0.739. The highest BCUT2D eigenvalue weighted by atomic mass is 79.9. The van der Waals surface area contributed by atoms with Gasteiger partial charge in [0.15, 0.2) is 0 Å². The molecule has 0 bridgehead atoms. The summed E-state index contributed by atoms with van der Waals surface area (Å²) in [5.41, 5.74) is 4.94. The fourth-order valence-electron chi connectivity index (χ4n) is 2.39. The minimum absolute atomic E-state index is 0.0392. The maximum atomic E-state index is 9.22. The van der Waals surface area contributed by atoms with Crippen molar-refractivity contribution in [2.75, 3.05) is 5.32 Å². The molecule has 0 saturated heterocycles. The van der Waals surface area contributed by atoms with Gasteiger partial charge in [-0.15, -0.1) is 0 Å². The van der Waals surface area contributed by atoms with Gasteiger partial charge in [0.2, 0.25) is 0 Å². The highest BCUT2D eigenvalue weighted by Crippen LogP contribution is 2.30. The van der Waals surface area contributed by atoms with E-state index in [-0.39, 0.29) is 6.61 Å². The maximum Gasteiger partial charge on any atom is 0.0821 e. The average molecular weight is 358 g/mol. The smallest absolute Gasteiger partial charge is 0.0821 e. The molecule has 2 aromatic carbocycles. The van der Waals surface area contributed by atoms with E-state index >= 15 is 0 Å². The van der Waals surface area contributed by atoms with Gasteiger partial charge in [0.25, 0.3) is 0 Å². The molecule has 0 unspecified atom stereocenters. The number of rotatable bonds is 4. The molecule has 2 N–H and O–H groups in total. The molecule has 3 aromatic rings. The molecular weight excluding hydrogens is 342 g/mol. The van der Waals surface area contributed by atoms with E-state index in [1.807, 2.05) is 48.1 Å². The predicted octanol–water partition coefficient (Wildman–Crippen LogP) is 4.09. The molecule has 0 amide bonds. The second-order valence-electron chi connectivity index (χ2n) is 5.03. The van der Waals surface area contributed by atoms with E-state index in [0.717, 1.165) is 32.7 Å². The molecule has 0 aliphatic heterocycles. The minimum atomic E-state index is 0.0392. The number of hydrogen-bond donors (Lipinski definition) is 2. The Morgan fingerprint density at radius 2 is 1.86 bits per heavy atom. The summed E-state index contributed by atoms with van der Waals surface area (Å²) in [4.78, 5) is 0. The molecule has 0 aliphatic rings. The molecule has 1 heterocycles. The van der Waals surface area contributed by atoms with Crippen molar-refractivity contribution >= 4 is 27.3 Å². The zero-order chi connectivity index (χ0) is 15.5. The van der Waals surface area contributed by atoms with Crippen LogP contribution >= 0.6 is 15.9 Å². The monoisotopic (exact) mass is 357 g/mol. The lowest BCUT2D eigenvalue weighted by Gasteiger charge is -2.10. The first-order chi connectivity index (χ1) is 10.7. The van der Waals surface area contributed by atoms with Crippen LogP contribution in [0.15, 0.2) is 59.2 Å². The number of halogens is 1. The molecule has 112 valence electrons. The molecule has 0 radical (unpaired) electrons. The topological polar surface area (TPSA) is 50.1 Å². The third-order valence-corrected chi connectivity index (χ3v) is 4.01. The number of aryl methyl sites for hydroxylation is 1. The van der Waals surface area contributed by atoms with E-state index in [9.17, 15) is 5.11 Å². The van der Waals surface area contributed by atoms with Gasteiger partial charge in [-0.2, -0.15) is 5.10 Å². The van der Waals surface area contributed by atoms with Crippen LogP contribution < -0.4 is 5.32 Å². The van der Waals surface area contributed by atoms with E-state index in [2.05, 4.69) is 38.5 Å². The molecule has 0 aliphatic carbocycles. The molecule has 22 heavy (non-hydrogen) atoms. The van der Waals surface area contributed by atoms with E-state index in [1.165, 1.54) is 0 Å². The maximum absolute atomic E-state index is 9.22. The predicted molar refractivity (Wildman–Crippen MR) is 92.0 cm³/mol. The third kappa shape index (κ3) is 3.05. The Kier molecular flexibility index (Phi) is 4.27. The molecular formula is C17H16BrN3O. The van der Waals surface area contributed by atoms with Crippen LogP contribution in [0.1, 0.15) is 5.56 Å². The lowest BCUT2D eigenvalue weighted by molar-refractivity contribution is 0.282. The number of nitrogens with one attached hydrogen (secondary N) is 1. The van der Waals surface area contributed by atoms with Gasteiger partial charge in [0.1, 0.15) is 0 Å². The summed E-state index contributed by atoms with van der Waals surface area (Å²) in [6, 6.07) is 15.9. The van der Waals surface area contributed by atoms with Gasteiger partial charge in [0.05, 0.1) is 23.0 Å². The lowest BCUT2D eigenvalue weighted by Crippen LogP contribution is -1.95. The van der Waals surface area contributed by atoms with Crippen LogP contribution in [0.2, 0.25) is 0 Å². The van der Waals surface area contributed by atoms with Gasteiger partial charge >= 0.3 is 0 Å². The van der Waals surface area contributed by atoms with Gasteiger partial charge in [-0.05, 0) is 45.8 Å². The SMILES string of the molecule is Cn1ncc(Br)c1-c1cccc(Nc2cccc(CO)c2)c1. The van der Waals surface area contributed by atoms with Gasteiger partial charge in [-0.1, -0.05) is 24.3 Å². The zero-order valence-electron chi connectivity index (χ0n) is 12.1. The van der Waals surface area contributed by atoms with Crippen LogP contribution in [0.4, 0.5) is 11.4 Å². The Hall–Kier alpha value is -2.11. The summed E-state index contributed by atoms with van der Waals surface area (Å²) in [7, 11) is 1.92. The van der Waals surface area contributed by atoms with Crippen molar-refractivity contribution in [3.8, 4) is 11.3 Å². The summed E-state index contributed by atoms with van der Waals surface area (Å²) in [6.07, 6.45) is 1.79. The van der Waals surface area contributed by atoms with E-state index in [0.29, 0.717) is 0 Å². The van der Waals surface area contributed by atoms with Crippen LogP contribution in [-0.2, 0) is 13.7 Å². The Balaban J connectivity index is 1.91. The largest absolute Gasteiger partial charge is 0.392 e. The second-order valence-corrected chi connectivity index (χ2v) is 5.88. The number of hydrogen-bond acceptors (Lipinski definition) is 3. The molecule has 0 atom stereocenters. The Bertz CT molecular complexity index is 779. The number of aromatic nitrogens is 2. The fraction of sp³-hybridized carbons (Fsp3) is 0.118. The third-order valence-electron chi connectivity index (χ3n) is 3.43. The van der Waals surface area contributed by atoms with Crippen molar-refractivity contribution in [2.45, 2.75) is 6.61 Å². The fourth-order valence-corrected chi connectivity index (χ4v) is 2.97. The normalized spacial score (nSPS) is 10.7. The Morgan fingerprint density at radius 1 is 1.14 bits per heavy atom. The second kappa shape index (κ2) is 6.34. The van der Waals surface area contributed by atoms with Crippen LogP contribution in [0.3, 0.4) is 0 Å². The number of nitrogens with zero attached hydrogens (tertiary/aromatic N) is 2. The van der Waals surface area contributed by atoms with E-state index < -0.39 is 0 Å². The number of aliphatic hydroxyl groups excluding tert-OH is 1. The molecule has 0 fully saturated rings. The molecule has 5 heteroatoms. The minimum Gasteiger partial charge on any atom is -0.392 e. The lowest BCUT2D eigenvalue weighted by atomic mass is 10.1. The highest BCUT2D eigenvalue weighted by Gasteiger charge is 2.09. The molecule has 1 aromatic heterocycles. The van der Waals surface area contributed by atoms with Crippen LogP contribution in [0.25, 0.3) is 11.3 Å². The van der Waals surface area contributed by atoms with Crippen LogP contribution in [0, 0.1) is 0 Å². The Morgan fingerprint density at radius 3 is 2.55 bits per heavy atom. The number of benzene rings is 2. The van der Waals surface area contributed by atoms with Crippen molar-refractivity contribution in [1.29, 1.82) is 0 Å². The van der Waals surface area contributed by atoms with Crippen LogP contribution in [0.5, 0.6) is 0 Å². The summed E-state index contributed by atoms with van der Waals surface area (Å²) in [6.45, 7) is 0.0392. The molecule has 4 nitrogen and oxygen atoms in total. The molecule has 0 saturated carbocycles. The summed E-state index contributed by atoms with van der Waals surface area (Å²) >= 11 is 3.53. The van der Waals surface area contributed by atoms with Crippen molar-refractivity contribution in [2.24, 2.45) is 7.05 Å². The van der Waals surface area contributed by atoms with Crippen molar-refractivity contribution in [3.63, 3.8) is 0 Å². The Labute approximate surface area is 137 Å². The van der Waals surface area contributed by atoms with Crippen LogP contribution in [-0.4, -0.2) is 14.9 Å². The molecule has 3 rings (SSSR count). The van der Waals surface area contributed by atoms with Gasteiger partial charge < -0.3 is 10.4 Å². The first-order valence-corrected chi connectivity index (χ1v) is 7.71.